The van der Waals surface area contributed by atoms with Gasteiger partial charge < -0.3 is 4.57 Å². The molecule has 20 heavy (non-hydrogen) atoms. The van der Waals surface area contributed by atoms with Gasteiger partial charge in [-0.1, -0.05) is 61.0 Å². The molecule has 0 fully saturated rings. The third-order valence-electron chi connectivity index (χ3n) is 3.07. The number of rotatable bonds is 7. The van der Waals surface area contributed by atoms with Gasteiger partial charge in [0, 0.05) is 25.2 Å². The normalized spacial score (nSPS) is 11.7. The molecule has 0 aliphatic carbocycles. The van der Waals surface area contributed by atoms with Gasteiger partial charge in [-0.3, -0.25) is 9.59 Å². The molecule has 0 saturated heterocycles. The van der Waals surface area contributed by atoms with Crippen molar-refractivity contribution in [2.75, 3.05) is 0 Å². The lowest BCUT2D eigenvalue weighted by Crippen LogP contribution is -2.21. The maximum Gasteiger partial charge on any atom is 0.255 e. The first-order valence-electron chi connectivity index (χ1n) is 6.58. The van der Waals surface area contributed by atoms with E-state index >= 15 is 0 Å². The summed E-state index contributed by atoms with van der Waals surface area (Å²) in [5.41, 5.74) is 0.712. The van der Waals surface area contributed by atoms with Crippen molar-refractivity contribution >= 4 is 46.4 Å². The molecule has 0 amide bonds. The maximum absolute atomic E-state index is 12.0. The summed E-state index contributed by atoms with van der Waals surface area (Å²) in [7, 11) is 1.65. The van der Waals surface area contributed by atoms with Gasteiger partial charge in [-0.2, -0.15) is 0 Å². The van der Waals surface area contributed by atoms with Crippen LogP contribution in [-0.2, 0) is 7.05 Å². The van der Waals surface area contributed by atoms with E-state index in [1.54, 1.807) is 13.2 Å². The monoisotopic (exact) mass is 337 g/mol. The number of hydrogen-bond acceptors (Lipinski definition) is 2. The first kappa shape index (κ1) is 17.5. The van der Waals surface area contributed by atoms with Gasteiger partial charge in [0.1, 0.15) is 0 Å². The Kier molecular flexibility index (Phi) is 6.56. The van der Waals surface area contributed by atoms with E-state index in [9.17, 15) is 9.59 Å². The standard InChI is InChI=1S/C14H18Cl3NO2/c1-3-4-5-6-7-12(19)10-8-11(18(2)9-10)13(20)14(15,16)17/h8-9H,3-7H2,1-2H3. The molecule has 0 unspecified atom stereocenters. The van der Waals surface area contributed by atoms with Crippen molar-refractivity contribution in [1.29, 1.82) is 0 Å². The number of alkyl halides is 3. The van der Waals surface area contributed by atoms with Crippen molar-refractivity contribution < 1.29 is 9.59 Å². The van der Waals surface area contributed by atoms with Gasteiger partial charge in [0.25, 0.3) is 3.79 Å². The van der Waals surface area contributed by atoms with Crippen LogP contribution < -0.4 is 0 Å². The van der Waals surface area contributed by atoms with Gasteiger partial charge in [0.15, 0.2) is 5.78 Å². The van der Waals surface area contributed by atoms with Crippen LogP contribution in [0, 0.1) is 0 Å². The van der Waals surface area contributed by atoms with Crippen molar-refractivity contribution in [3.63, 3.8) is 0 Å². The number of nitrogens with zero attached hydrogens (tertiary/aromatic N) is 1. The predicted octanol–water partition coefficient (Wildman–Crippen LogP) is 4.73. The summed E-state index contributed by atoms with van der Waals surface area (Å²) < 4.78 is -0.489. The fourth-order valence-corrected chi connectivity index (χ4v) is 2.24. The molecular formula is C14H18Cl3NO2. The van der Waals surface area contributed by atoms with Crippen molar-refractivity contribution in [2.24, 2.45) is 7.05 Å². The Bertz CT molecular complexity index is 489. The highest BCUT2D eigenvalue weighted by Crippen LogP contribution is 2.31. The summed E-state index contributed by atoms with van der Waals surface area (Å²) in [6.45, 7) is 2.12. The van der Waals surface area contributed by atoms with E-state index in [0.29, 0.717) is 12.0 Å². The highest BCUT2D eigenvalue weighted by Gasteiger charge is 2.33. The quantitative estimate of drug-likeness (QED) is 0.409. The molecular weight excluding hydrogens is 321 g/mol. The molecule has 1 rings (SSSR count). The molecule has 0 atom stereocenters. The zero-order valence-electron chi connectivity index (χ0n) is 11.6. The molecule has 1 aromatic heterocycles. The number of Topliss-reactive ketones (excluding diaryl/α,β-unsaturated/α-hetero) is 2. The third-order valence-corrected chi connectivity index (χ3v) is 3.59. The van der Waals surface area contributed by atoms with E-state index < -0.39 is 9.58 Å². The molecule has 6 heteroatoms. The van der Waals surface area contributed by atoms with E-state index in [4.69, 9.17) is 34.8 Å². The Balaban J connectivity index is 2.74. The number of ketones is 2. The smallest absolute Gasteiger partial charge is 0.255 e. The molecule has 0 bridgehead atoms. The summed E-state index contributed by atoms with van der Waals surface area (Å²) in [5, 5.41) is 0. The average molecular weight is 339 g/mol. The van der Waals surface area contributed by atoms with E-state index in [-0.39, 0.29) is 11.5 Å². The van der Waals surface area contributed by atoms with Crippen LogP contribution in [0.2, 0.25) is 0 Å². The minimum atomic E-state index is -2.01. The number of halogens is 3. The Hall–Kier alpha value is -0.510. The summed E-state index contributed by atoms with van der Waals surface area (Å²) in [5.74, 6) is -0.616. The van der Waals surface area contributed by atoms with Crippen LogP contribution in [0.1, 0.15) is 59.9 Å². The Morgan fingerprint density at radius 2 is 1.85 bits per heavy atom. The predicted molar refractivity (Wildman–Crippen MR) is 83.1 cm³/mol. The zero-order chi connectivity index (χ0) is 15.3. The number of hydrogen-bond donors (Lipinski definition) is 0. The minimum absolute atomic E-state index is 0.0140. The van der Waals surface area contributed by atoms with Crippen LogP contribution in [0.4, 0.5) is 0 Å². The maximum atomic E-state index is 12.0. The Morgan fingerprint density at radius 1 is 1.20 bits per heavy atom. The molecule has 0 aliphatic rings. The zero-order valence-corrected chi connectivity index (χ0v) is 13.9. The Labute approximate surface area is 134 Å². The van der Waals surface area contributed by atoms with E-state index in [0.717, 1.165) is 25.7 Å². The lowest BCUT2D eigenvalue weighted by atomic mass is 10.1. The van der Waals surface area contributed by atoms with Crippen LogP contribution in [0.15, 0.2) is 12.3 Å². The van der Waals surface area contributed by atoms with Crippen molar-refractivity contribution in [3.8, 4) is 0 Å². The topological polar surface area (TPSA) is 39.1 Å². The van der Waals surface area contributed by atoms with E-state index in [1.807, 2.05) is 0 Å². The molecule has 1 heterocycles. The minimum Gasteiger partial charge on any atom is -0.347 e. The summed E-state index contributed by atoms with van der Waals surface area (Å²) in [6.07, 6.45) is 6.22. The van der Waals surface area contributed by atoms with Crippen LogP contribution in [0.3, 0.4) is 0 Å². The molecule has 0 radical (unpaired) electrons. The van der Waals surface area contributed by atoms with Crippen molar-refractivity contribution in [3.05, 3.63) is 23.5 Å². The van der Waals surface area contributed by atoms with Crippen LogP contribution >= 0.6 is 34.8 Å². The fourth-order valence-electron chi connectivity index (χ4n) is 1.94. The lowest BCUT2D eigenvalue weighted by Gasteiger charge is -2.09. The Morgan fingerprint density at radius 3 is 2.40 bits per heavy atom. The number of carbonyl (C=O) groups is 2. The number of aromatic nitrogens is 1. The van der Waals surface area contributed by atoms with Gasteiger partial charge in [-0.15, -0.1) is 0 Å². The molecule has 0 aliphatic heterocycles. The van der Waals surface area contributed by atoms with Gasteiger partial charge in [-0.25, -0.2) is 0 Å². The van der Waals surface area contributed by atoms with Gasteiger partial charge >= 0.3 is 0 Å². The van der Waals surface area contributed by atoms with Crippen LogP contribution in [0.5, 0.6) is 0 Å². The van der Waals surface area contributed by atoms with Crippen LogP contribution in [0.25, 0.3) is 0 Å². The number of carbonyl (C=O) groups excluding carboxylic acids is 2. The third kappa shape index (κ3) is 4.80. The summed E-state index contributed by atoms with van der Waals surface area (Å²) in [6, 6.07) is 1.49. The number of aryl methyl sites for hydroxylation is 1. The van der Waals surface area contributed by atoms with Gasteiger partial charge in [0.05, 0.1) is 5.69 Å². The molecule has 0 spiro atoms. The highest BCUT2D eigenvalue weighted by molar-refractivity contribution is 6.77. The van der Waals surface area contributed by atoms with Gasteiger partial charge in [-0.05, 0) is 12.5 Å². The second-order valence-electron chi connectivity index (χ2n) is 4.79. The molecule has 1 aromatic rings. The lowest BCUT2D eigenvalue weighted by molar-refractivity contribution is 0.0977. The molecule has 112 valence electrons. The second kappa shape index (κ2) is 7.48. The molecule has 3 nitrogen and oxygen atoms in total. The first-order valence-corrected chi connectivity index (χ1v) is 7.71. The summed E-state index contributed by atoms with van der Waals surface area (Å²) >= 11 is 16.7. The van der Waals surface area contributed by atoms with E-state index in [1.165, 1.54) is 10.6 Å². The van der Waals surface area contributed by atoms with Crippen molar-refractivity contribution in [2.45, 2.75) is 42.8 Å². The first-order chi connectivity index (χ1) is 9.27. The van der Waals surface area contributed by atoms with Crippen molar-refractivity contribution in [1.82, 2.24) is 4.57 Å². The SMILES string of the molecule is CCCCCCC(=O)c1cc(C(=O)C(Cl)(Cl)Cl)n(C)c1. The summed E-state index contributed by atoms with van der Waals surface area (Å²) in [4.78, 5) is 23.9. The molecule has 0 N–H and O–H groups in total. The highest BCUT2D eigenvalue weighted by atomic mass is 35.6. The molecule has 0 aromatic carbocycles. The molecule has 0 saturated carbocycles. The van der Waals surface area contributed by atoms with Gasteiger partial charge in [0.2, 0.25) is 5.78 Å². The second-order valence-corrected chi connectivity index (χ2v) is 7.07. The van der Waals surface area contributed by atoms with E-state index in [2.05, 4.69) is 6.92 Å². The fraction of sp³-hybridized carbons (Fsp3) is 0.571. The number of unbranched alkanes of at least 4 members (excludes halogenated alkanes) is 3. The van der Waals surface area contributed by atoms with Crippen LogP contribution in [-0.4, -0.2) is 19.9 Å². The largest absolute Gasteiger partial charge is 0.347 e. The average Bonchev–Trinajstić information content (AvgIpc) is 2.74.